The van der Waals surface area contributed by atoms with Crippen molar-refractivity contribution >= 4 is 29.2 Å². The zero-order chi connectivity index (χ0) is 25.4. The molecule has 2 amide bonds. The van der Waals surface area contributed by atoms with Crippen LogP contribution in [0.4, 0.5) is 10.1 Å². The number of halogens is 1. The number of fused-ring (bicyclic) bond motifs is 1. The zero-order valence-corrected chi connectivity index (χ0v) is 21.6. The lowest BCUT2D eigenvalue weighted by Gasteiger charge is -2.24. The Kier molecular flexibility index (Phi) is 10.1. The van der Waals surface area contributed by atoms with Crippen LogP contribution < -0.4 is 5.32 Å². The minimum atomic E-state index is -0.398. The number of carbonyl (C=O) groups excluding carboxylic acids is 2. The number of aryl methyl sites for hydroxylation is 1. The number of amides is 2. The second-order valence-corrected chi connectivity index (χ2v) is 8.13. The van der Waals surface area contributed by atoms with Crippen LogP contribution in [-0.2, 0) is 4.79 Å². The van der Waals surface area contributed by atoms with Crippen LogP contribution in [0.5, 0.6) is 0 Å². The molecule has 0 atom stereocenters. The highest BCUT2D eigenvalue weighted by atomic mass is 19.1. The number of benzene rings is 1. The quantitative estimate of drug-likeness (QED) is 0.477. The second-order valence-electron chi connectivity index (χ2n) is 8.13. The molecule has 0 saturated heterocycles. The van der Waals surface area contributed by atoms with Gasteiger partial charge in [-0.15, -0.1) is 0 Å². The highest BCUT2D eigenvalue weighted by Gasteiger charge is 2.27. The number of aromatic amines is 1. The number of anilines is 1. The van der Waals surface area contributed by atoms with Crippen molar-refractivity contribution in [3.8, 4) is 0 Å². The molecular weight excluding hydrogens is 431 g/mol. The average molecular weight is 471 g/mol. The largest absolute Gasteiger partial charge is 0.358 e. The van der Waals surface area contributed by atoms with Crippen molar-refractivity contribution < 1.29 is 14.0 Å². The van der Waals surface area contributed by atoms with Gasteiger partial charge < -0.3 is 20.1 Å². The van der Waals surface area contributed by atoms with E-state index in [0.29, 0.717) is 41.2 Å². The Balaban J connectivity index is 0.00000199. The molecule has 0 fully saturated rings. The molecule has 0 unspecified atom stereocenters. The fourth-order valence-corrected chi connectivity index (χ4v) is 4.27. The topological polar surface area (TPSA) is 68.4 Å². The Morgan fingerprint density at radius 2 is 1.74 bits per heavy atom. The molecule has 186 valence electrons. The number of aromatic nitrogens is 1. The van der Waals surface area contributed by atoms with Gasteiger partial charge in [-0.05, 0) is 76.7 Å². The fourth-order valence-electron chi connectivity index (χ4n) is 4.27. The van der Waals surface area contributed by atoms with E-state index in [2.05, 4.69) is 29.0 Å². The van der Waals surface area contributed by atoms with Crippen LogP contribution in [0.2, 0.25) is 0 Å². The molecule has 0 saturated carbocycles. The van der Waals surface area contributed by atoms with Crippen molar-refractivity contribution in [3.05, 3.63) is 52.1 Å². The van der Waals surface area contributed by atoms with E-state index in [-0.39, 0.29) is 11.8 Å². The molecule has 0 radical (unpaired) electrons. The van der Waals surface area contributed by atoms with Gasteiger partial charge in [0.05, 0.1) is 11.1 Å². The molecule has 0 aliphatic carbocycles. The summed E-state index contributed by atoms with van der Waals surface area (Å²) >= 11 is 0. The number of H-pyrrole nitrogens is 1. The molecule has 1 aromatic heterocycles. The van der Waals surface area contributed by atoms with E-state index in [1.807, 2.05) is 39.5 Å². The van der Waals surface area contributed by atoms with Crippen molar-refractivity contribution in [2.24, 2.45) is 0 Å². The van der Waals surface area contributed by atoms with Crippen molar-refractivity contribution in [3.63, 3.8) is 0 Å². The summed E-state index contributed by atoms with van der Waals surface area (Å²) in [5.41, 5.74) is 4.38. The molecule has 0 spiro atoms. The first-order valence-electron chi connectivity index (χ1n) is 12.3. The van der Waals surface area contributed by atoms with Crippen LogP contribution in [0.3, 0.4) is 0 Å². The van der Waals surface area contributed by atoms with Crippen molar-refractivity contribution in [2.75, 3.05) is 38.0 Å². The predicted octanol–water partition coefficient (Wildman–Crippen LogP) is 5.48. The lowest BCUT2D eigenvalue weighted by molar-refractivity contribution is -0.110. The molecule has 34 heavy (non-hydrogen) atoms. The van der Waals surface area contributed by atoms with Gasteiger partial charge in [-0.3, -0.25) is 9.59 Å². The van der Waals surface area contributed by atoms with Gasteiger partial charge in [0.1, 0.15) is 5.82 Å². The molecule has 1 aliphatic rings. The molecule has 6 nitrogen and oxygen atoms in total. The van der Waals surface area contributed by atoms with Gasteiger partial charge >= 0.3 is 0 Å². The minimum absolute atomic E-state index is 0.00901. The average Bonchev–Trinajstić information content (AvgIpc) is 3.29. The van der Waals surface area contributed by atoms with Crippen LogP contribution in [-0.4, -0.2) is 59.3 Å². The van der Waals surface area contributed by atoms with E-state index in [9.17, 15) is 14.0 Å². The highest BCUT2D eigenvalue weighted by molar-refractivity contribution is 6.34. The third-order valence-corrected chi connectivity index (χ3v) is 6.21. The summed E-state index contributed by atoms with van der Waals surface area (Å²) in [5, 5.41) is 2.76. The van der Waals surface area contributed by atoms with Crippen molar-refractivity contribution in [2.45, 2.75) is 54.9 Å². The first-order chi connectivity index (χ1) is 16.3. The number of nitrogens with zero attached hydrogens (tertiary/aromatic N) is 2. The summed E-state index contributed by atoms with van der Waals surface area (Å²) in [6, 6.07) is 4.23. The molecule has 3 rings (SSSR count). The molecule has 1 aliphatic heterocycles. The maximum Gasteiger partial charge on any atom is 0.256 e. The first kappa shape index (κ1) is 27.3. The Morgan fingerprint density at radius 3 is 2.35 bits per heavy atom. The Morgan fingerprint density at radius 1 is 1.06 bits per heavy atom. The standard InChI is InChI=1S/C25H33FN4O2.C2H6/c1-6-29(7-2)12-9-13-30(8-3)25(32)23-16(4)22(27-17(23)5)15-20-19-14-18(26)10-11-21(19)28-24(20)31;1-2/h10-11,14-15,27H,6-9,12-13H2,1-5H3,(H,28,31);1-2H3/b20-15-;. The smallest absolute Gasteiger partial charge is 0.256 e. The van der Waals surface area contributed by atoms with E-state index in [0.717, 1.165) is 37.3 Å². The van der Waals surface area contributed by atoms with Crippen molar-refractivity contribution in [1.82, 2.24) is 14.8 Å². The van der Waals surface area contributed by atoms with Gasteiger partial charge in [0.25, 0.3) is 11.8 Å². The van der Waals surface area contributed by atoms with Crippen LogP contribution >= 0.6 is 0 Å². The first-order valence-corrected chi connectivity index (χ1v) is 12.3. The number of nitrogens with one attached hydrogen (secondary N) is 2. The highest BCUT2D eigenvalue weighted by Crippen LogP contribution is 2.34. The van der Waals surface area contributed by atoms with E-state index >= 15 is 0 Å². The van der Waals surface area contributed by atoms with Gasteiger partial charge in [-0.2, -0.15) is 0 Å². The maximum absolute atomic E-state index is 13.8. The van der Waals surface area contributed by atoms with Gasteiger partial charge in [-0.1, -0.05) is 27.7 Å². The lowest BCUT2D eigenvalue weighted by Crippen LogP contribution is -2.34. The third-order valence-electron chi connectivity index (χ3n) is 6.21. The van der Waals surface area contributed by atoms with Gasteiger partial charge in [-0.25, -0.2) is 4.39 Å². The summed E-state index contributed by atoms with van der Waals surface area (Å²) in [6.07, 6.45) is 2.62. The van der Waals surface area contributed by atoms with E-state index < -0.39 is 5.82 Å². The van der Waals surface area contributed by atoms with Gasteiger partial charge in [0, 0.05) is 35.7 Å². The normalized spacial score (nSPS) is 13.6. The monoisotopic (exact) mass is 470 g/mol. The summed E-state index contributed by atoms with van der Waals surface area (Å²) < 4.78 is 13.8. The molecular formula is C27H39FN4O2. The van der Waals surface area contributed by atoms with Gasteiger partial charge in [0.2, 0.25) is 0 Å². The van der Waals surface area contributed by atoms with E-state index in [4.69, 9.17) is 0 Å². The van der Waals surface area contributed by atoms with E-state index in [1.165, 1.54) is 12.1 Å². The number of hydrogen-bond acceptors (Lipinski definition) is 3. The Hall–Kier alpha value is -2.93. The number of carbonyl (C=O) groups is 2. The molecule has 2 aromatic rings. The Bertz CT molecular complexity index is 1040. The lowest BCUT2D eigenvalue weighted by atomic mass is 10.0. The van der Waals surface area contributed by atoms with Gasteiger partial charge in [0.15, 0.2) is 0 Å². The zero-order valence-electron chi connectivity index (χ0n) is 21.6. The summed E-state index contributed by atoms with van der Waals surface area (Å²) in [6.45, 7) is 18.3. The van der Waals surface area contributed by atoms with E-state index in [1.54, 1.807) is 12.1 Å². The fraction of sp³-hybridized carbons (Fsp3) is 0.481. The summed E-state index contributed by atoms with van der Waals surface area (Å²) in [5.74, 6) is -0.688. The second kappa shape index (κ2) is 12.5. The molecule has 1 aromatic carbocycles. The molecule has 0 bridgehead atoms. The Labute approximate surface area is 203 Å². The predicted molar refractivity (Wildman–Crippen MR) is 138 cm³/mol. The third kappa shape index (κ3) is 5.95. The summed E-state index contributed by atoms with van der Waals surface area (Å²) in [7, 11) is 0. The van der Waals surface area contributed by atoms with Crippen LogP contribution in [0, 0.1) is 19.7 Å². The molecule has 2 heterocycles. The minimum Gasteiger partial charge on any atom is -0.358 e. The molecule has 7 heteroatoms. The SMILES string of the molecule is CC.CCN(CC)CCCN(CC)C(=O)c1c(C)[nH]c(/C=C2\C(=O)Nc3ccc(F)cc32)c1C. The number of hydrogen-bond donors (Lipinski definition) is 2. The molecule has 2 N–H and O–H groups in total. The van der Waals surface area contributed by atoms with Crippen LogP contribution in [0.25, 0.3) is 11.6 Å². The van der Waals surface area contributed by atoms with Crippen LogP contribution in [0.15, 0.2) is 18.2 Å². The summed E-state index contributed by atoms with van der Waals surface area (Å²) in [4.78, 5) is 33.3. The number of rotatable bonds is 9. The maximum atomic E-state index is 13.8. The van der Waals surface area contributed by atoms with Crippen LogP contribution in [0.1, 0.15) is 73.9 Å². The van der Waals surface area contributed by atoms with Crippen molar-refractivity contribution in [1.29, 1.82) is 0 Å².